The molecule has 0 aromatic rings. The lowest BCUT2D eigenvalue weighted by atomic mass is 9.78. The minimum absolute atomic E-state index is 0.598. The van der Waals surface area contributed by atoms with Gasteiger partial charge in [0.2, 0.25) is 0 Å². The Hall–Kier alpha value is -0.120. The van der Waals surface area contributed by atoms with E-state index in [1.165, 1.54) is 32.4 Å². The average Bonchev–Trinajstić information content (AvgIpc) is 2.43. The van der Waals surface area contributed by atoms with Crippen molar-refractivity contribution in [1.82, 2.24) is 10.2 Å². The van der Waals surface area contributed by atoms with Crippen LogP contribution in [0.5, 0.6) is 0 Å². The molecule has 3 nitrogen and oxygen atoms in total. The van der Waals surface area contributed by atoms with E-state index in [0.717, 1.165) is 32.7 Å². The van der Waals surface area contributed by atoms with Crippen molar-refractivity contribution in [2.45, 2.75) is 59.4 Å². The van der Waals surface area contributed by atoms with Gasteiger partial charge in [-0.2, -0.15) is 0 Å². The van der Waals surface area contributed by atoms with Crippen molar-refractivity contribution in [3.05, 3.63) is 0 Å². The van der Waals surface area contributed by atoms with Crippen LogP contribution in [0.25, 0.3) is 0 Å². The number of piperidine rings is 1. The van der Waals surface area contributed by atoms with Crippen LogP contribution >= 0.6 is 0 Å². The highest BCUT2D eigenvalue weighted by Crippen LogP contribution is 2.34. The molecule has 0 spiro atoms. The van der Waals surface area contributed by atoms with Gasteiger partial charge in [0.1, 0.15) is 0 Å². The monoisotopic (exact) mass is 270 g/mol. The Kier molecular flexibility index (Phi) is 7.96. The summed E-state index contributed by atoms with van der Waals surface area (Å²) in [6, 6.07) is 0.661. The zero-order chi connectivity index (χ0) is 14.1. The molecule has 0 bridgehead atoms. The fraction of sp³-hybridized carbons (Fsp3) is 1.00. The SMILES string of the molecule is CCOCCCNCC(C)N1CCC(C)(CC)CC1. The largest absolute Gasteiger partial charge is 0.382 e. The molecule has 3 heteroatoms. The van der Waals surface area contributed by atoms with E-state index in [2.05, 4.69) is 37.9 Å². The van der Waals surface area contributed by atoms with Crippen LogP contribution in [0.1, 0.15) is 53.4 Å². The second-order valence-electron chi connectivity index (χ2n) is 6.30. The second-order valence-corrected chi connectivity index (χ2v) is 6.30. The van der Waals surface area contributed by atoms with Gasteiger partial charge in [-0.15, -0.1) is 0 Å². The second kappa shape index (κ2) is 8.93. The maximum atomic E-state index is 5.34. The summed E-state index contributed by atoms with van der Waals surface area (Å²) >= 11 is 0. The van der Waals surface area contributed by atoms with Crippen molar-refractivity contribution < 1.29 is 4.74 Å². The summed E-state index contributed by atoms with van der Waals surface area (Å²) in [6.07, 6.45) is 5.16. The van der Waals surface area contributed by atoms with Gasteiger partial charge in [-0.1, -0.05) is 20.3 Å². The number of hydrogen-bond acceptors (Lipinski definition) is 3. The maximum absolute atomic E-state index is 5.34. The van der Waals surface area contributed by atoms with Crippen LogP contribution < -0.4 is 5.32 Å². The predicted octanol–water partition coefficient (Wildman–Crippen LogP) is 2.90. The fourth-order valence-corrected chi connectivity index (χ4v) is 2.74. The summed E-state index contributed by atoms with van der Waals surface area (Å²) < 4.78 is 5.34. The number of hydrogen-bond donors (Lipinski definition) is 1. The molecule has 0 amide bonds. The van der Waals surface area contributed by atoms with Crippen LogP contribution in [0, 0.1) is 5.41 Å². The molecule has 0 saturated carbocycles. The van der Waals surface area contributed by atoms with Gasteiger partial charge in [0.05, 0.1) is 0 Å². The third kappa shape index (κ3) is 6.24. The van der Waals surface area contributed by atoms with Crippen LogP contribution in [0.2, 0.25) is 0 Å². The van der Waals surface area contributed by atoms with Crippen LogP contribution in [-0.4, -0.2) is 50.3 Å². The van der Waals surface area contributed by atoms with Gasteiger partial charge < -0.3 is 10.1 Å². The molecule has 1 saturated heterocycles. The van der Waals surface area contributed by atoms with E-state index in [1.807, 2.05) is 0 Å². The minimum Gasteiger partial charge on any atom is -0.382 e. The Balaban J connectivity index is 2.09. The van der Waals surface area contributed by atoms with Crippen LogP contribution in [-0.2, 0) is 4.74 Å². The quantitative estimate of drug-likeness (QED) is 0.652. The number of rotatable bonds is 9. The molecular formula is C16H34N2O. The highest BCUT2D eigenvalue weighted by molar-refractivity contribution is 4.83. The third-order valence-corrected chi connectivity index (χ3v) is 4.77. The zero-order valence-corrected chi connectivity index (χ0v) is 13.5. The Labute approximate surface area is 120 Å². The molecule has 1 unspecified atom stereocenters. The van der Waals surface area contributed by atoms with E-state index in [1.54, 1.807) is 0 Å². The summed E-state index contributed by atoms with van der Waals surface area (Å²) in [6.45, 7) is 15.6. The van der Waals surface area contributed by atoms with Crippen molar-refractivity contribution in [3.8, 4) is 0 Å². The fourth-order valence-electron chi connectivity index (χ4n) is 2.74. The summed E-state index contributed by atoms with van der Waals surface area (Å²) in [5.74, 6) is 0. The topological polar surface area (TPSA) is 24.5 Å². The predicted molar refractivity (Wildman–Crippen MR) is 82.6 cm³/mol. The number of nitrogens with zero attached hydrogens (tertiary/aromatic N) is 1. The first kappa shape index (κ1) is 16.9. The summed E-state index contributed by atoms with van der Waals surface area (Å²) in [7, 11) is 0. The first-order valence-corrected chi connectivity index (χ1v) is 8.14. The van der Waals surface area contributed by atoms with Crippen LogP contribution in [0.15, 0.2) is 0 Å². The highest BCUT2D eigenvalue weighted by Gasteiger charge is 2.29. The lowest BCUT2D eigenvalue weighted by molar-refractivity contribution is 0.0856. The standard InChI is InChI=1S/C16H34N2O/c1-5-16(4)8-11-18(12-9-16)15(3)14-17-10-7-13-19-6-2/h15,17H,5-14H2,1-4H3. The van der Waals surface area contributed by atoms with E-state index in [9.17, 15) is 0 Å². The maximum Gasteiger partial charge on any atom is 0.0477 e. The molecule has 1 aliphatic rings. The van der Waals surface area contributed by atoms with Crippen molar-refractivity contribution in [3.63, 3.8) is 0 Å². The van der Waals surface area contributed by atoms with Gasteiger partial charge in [-0.3, -0.25) is 4.90 Å². The Morgan fingerprint density at radius 2 is 1.95 bits per heavy atom. The van der Waals surface area contributed by atoms with Gasteiger partial charge in [0.25, 0.3) is 0 Å². The van der Waals surface area contributed by atoms with E-state index in [-0.39, 0.29) is 0 Å². The lowest BCUT2D eigenvalue weighted by Crippen LogP contribution is -2.47. The molecule has 19 heavy (non-hydrogen) atoms. The molecular weight excluding hydrogens is 236 g/mol. The molecule has 1 heterocycles. The Morgan fingerprint density at radius 3 is 2.53 bits per heavy atom. The van der Waals surface area contributed by atoms with E-state index in [0.29, 0.717) is 11.5 Å². The molecule has 1 rings (SSSR count). The van der Waals surface area contributed by atoms with Gasteiger partial charge in [-0.25, -0.2) is 0 Å². The molecule has 0 aromatic carbocycles. The lowest BCUT2D eigenvalue weighted by Gasteiger charge is -2.41. The number of ether oxygens (including phenoxy) is 1. The third-order valence-electron chi connectivity index (χ3n) is 4.77. The van der Waals surface area contributed by atoms with Crippen LogP contribution in [0.3, 0.4) is 0 Å². The number of nitrogens with one attached hydrogen (secondary N) is 1. The van der Waals surface area contributed by atoms with E-state index >= 15 is 0 Å². The molecule has 114 valence electrons. The average molecular weight is 270 g/mol. The van der Waals surface area contributed by atoms with Crippen LogP contribution in [0.4, 0.5) is 0 Å². The van der Waals surface area contributed by atoms with Crippen molar-refractivity contribution in [2.75, 3.05) is 39.4 Å². The molecule has 0 aliphatic carbocycles. The summed E-state index contributed by atoms with van der Waals surface area (Å²) in [4.78, 5) is 2.65. The van der Waals surface area contributed by atoms with Crippen molar-refractivity contribution >= 4 is 0 Å². The summed E-state index contributed by atoms with van der Waals surface area (Å²) in [5.41, 5.74) is 0.598. The number of likely N-dealkylation sites (tertiary alicyclic amines) is 1. The molecule has 0 aromatic heterocycles. The first-order valence-electron chi connectivity index (χ1n) is 8.14. The van der Waals surface area contributed by atoms with Crippen molar-refractivity contribution in [1.29, 1.82) is 0 Å². The smallest absolute Gasteiger partial charge is 0.0477 e. The highest BCUT2D eigenvalue weighted by atomic mass is 16.5. The van der Waals surface area contributed by atoms with Gasteiger partial charge in [-0.05, 0) is 58.2 Å². The molecule has 1 fully saturated rings. The first-order chi connectivity index (χ1) is 9.11. The van der Waals surface area contributed by atoms with E-state index in [4.69, 9.17) is 4.74 Å². The van der Waals surface area contributed by atoms with Gasteiger partial charge in [0.15, 0.2) is 0 Å². The molecule has 1 N–H and O–H groups in total. The minimum atomic E-state index is 0.598. The van der Waals surface area contributed by atoms with Crippen molar-refractivity contribution in [2.24, 2.45) is 5.41 Å². The van der Waals surface area contributed by atoms with Gasteiger partial charge in [0, 0.05) is 25.8 Å². The molecule has 1 atom stereocenters. The van der Waals surface area contributed by atoms with Gasteiger partial charge >= 0.3 is 0 Å². The Morgan fingerprint density at radius 1 is 1.26 bits per heavy atom. The normalized spacial score (nSPS) is 21.5. The van der Waals surface area contributed by atoms with E-state index < -0.39 is 0 Å². The zero-order valence-electron chi connectivity index (χ0n) is 13.5. The summed E-state index contributed by atoms with van der Waals surface area (Å²) in [5, 5.41) is 3.55. The molecule has 1 aliphatic heterocycles. The molecule has 0 radical (unpaired) electrons. The Bertz CT molecular complexity index is 225.